The predicted octanol–water partition coefficient (Wildman–Crippen LogP) is 1.72. The Morgan fingerprint density at radius 3 is 2.70 bits per heavy atom. The van der Waals surface area contributed by atoms with Gasteiger partial charge < -0.3 is 10.2 Å². The van der Waals surface area contributed by atoms with Gasteiger partial charge in [-0.2, -0.15) is 0 Å². The molecule has 6 nitrogen and oxygen atoms in total. The van der Waals surface area contributed by atoms with Crippen LogP contribution in [0.4, 0.5) is 0 Å². The van der Waals surface area contributed by atoms with Gasteiger partial charge in [0.05, 0.1) is 18.3 Å². The predicted molar refractivity (Wildman–Crippen MR) is 72.9 cm³/mol. The summed E-state index contributed by atoms with van der Waals surface area (Å²) in [6.07, 6.45) is 5.11. The van der Waals surface area contributed by atoms with Gasteiger partial charge in [0.2, 0.25) is 0 Å². The van der Waals surface area contributed by atoms with Crippen molar-refractivity contribution in [2.24, 2.45) is 0 Å². The van der Waals surface area contributed by atoms with Gasteiger partial charge in [0, 0.05) is 0 Å². The van der Waals surface area contributed by atoms with E-state index in [9.17, 15) is 15.0 Å². The number of hydrogen-bond donors (Lipinski definition) is 2. The molecule has 1 aliphatic rings. The lowest BCUT2D eigenvalue weighted by Crippen LogP contribution is -2.29. The normalized spacial score (nSPS) is 16.6. The molecule has 6 heteroatoms. The van der Waals surface area contributed by atoms with Crippen LogP contribution in [0.5, 0.6) is 5.75 Å². The Balaban J connectivity index is 2.00. The van der Waals surface area contributed by atoms with E-state index in [4.69, 9.17) is 0 Å². The molecule has 0 saturated carbocycles. The number of pyridine rings is 1. The first-order valence-corrected chi connectivity index (χ1v) is 6.81. The summed E-state index contributed by atoms with van der Waals surface area (Å²) >= 11 is 0. The number of imidazole rings is 1. The zero-order chi connectivity index (χ0) is 14.1. The van der Waals surface area contributed by atoms with Gasteiger partial charge in [-0.05, 0) is 38.1 Å². The lowest BCUT2D eigenvalue weighted by atomic mass is 10.1. The van der Waals surface area contributed by atoms with Crippen LogP contribution in [-0.2, 0) is 6.54 Å². The fourth-order valence-corrected chi connectivity index (χ4v) is 2.72. The summed E-state index contributed by atoms with van der Waals surface area (Å²) in [5.74, 6) is -0.278. The number of carboxylic acids is 1. The highest BCUT2D eigenvalue weighted by atomic mass is 16.4. The van der Waals surface area contributed by atoms with Gasteiger partial charge in [0.15, 0.2) is 5.69 Å². The van der Waals surface area contributed by atoms with Crippen LogP contribution >= 0.6 is 0 Å². The highest BCUT2D eigenvalue weighted by molar-refractivity contribution is 5.93. The second kappa shape index (κ2) is 5.13. The zero-order valence-corrected chi connectivity index (χ0v) is 11.1. The lowest BCUT2D eigenvalue weighted by molar-refractivity contribution is 0.0693. The molecule has 0 aromatic carbocycles. The Labute approximate surface area is 116 Å². The highest BCUT2D eigenvalue weighted by Crippen LogP contribution is 2.20. The molecule has 1 aliphatic heterocycles. The zero-order valence-electron chi connectivity index (χ0n) is 11.1. The molecule has 2 aromatic heterocycles. The van der Waals surface area contributed by atoms with E-state index in [-0.39, 0.29) is 11.4 Å². The molecule has 2 aromatic rings. The fourth-order valence-electron chi connectivity index (χ4n) is 2.72. The number of aromatic hydroxyl groups is 1. The lowest BCUT2D eigenvalue weighted by Gasteiger charge is -2.25. The van der Waals surface area contributed by atoms with E-state index in [2.05, 4.69) is 9.88 Å². The maximum absolute atomic E-state index is 11.3. The first-order valence-electron chi connectivity index (χ1n) is 6.81. The van der Waals surface area contributed by atoms with Crippen molar-refractivity contribution >= 4 is 11.5 Å². The summed E-state index contributed by atoms with van der Waals surface area (Å²) in [6, 6.07) is 3.07. The summed E-state index contributed by atoms with van der Waals surface area (Å²) < 4.78 is 1.67. The molecular weight excluding hydrogens is 258 g/mol. The molecule has 0 amide bonds. The second-order valence-electron chi connectivity index (χ2n) is 5.16. The third-order valence-electron chi connectivity index (χ3n) is 3.71. The summed E-state index contributed by atoms with van der Waals surface area (Å²) in [5, 5.41) is 18.8. The van der Waals surface area contributed by atoms with Crippen molar-refractivity contribution in [1.29, 1.82) is 0 Å². The number of aromatic nitrogens is 2. The van der Waals surface area contributed by atoms with E-state index in [1.807, 2.05) is 0 Å². The number of carbonyl (C=O) groups is 1. The van der Waals surface area contributed by atoms with Gasteiger partial charge >= 0.3 is 5.97 Å². The Kier molecular flexibility index (Phi) is 3.31. The number of fused-ring (bicyclic) bond motifs is 1. The molecule has 0 radical (unpaired) electrons. The van der Waals surface area contributed by atoms with Crippen LogP contribution in [-0.4, -0.2) is 43.6 Å². The molecule has 3 rings (SSSR count). The van der Waals surface area contributed by atoms with Crippen LogP contribution in [0.2, 0.25) is 0 Å². The van der Waals surface area contributed by atoms with Crippen LogP contribution in [0.3, 0.4) is 0 Å². The maximum atomic E-state index is 11.3. The molecule has 3 heterocycles. The van der Waals surface area contributed by atoms with Crippen molar-refractivity contribution in [3.63, 3.8) is 0 Å². The number of piperidine rings is 1. The van der Waals surface area contributed by atoms with Gasteiger partial charge in [0.1, 0.15) is 11.6 Å². The van der Waals surface area contributed by atoms with Gasteiger partial charge in [-0.1, -0.05) is 6.42 Å². The molecule has 0 spiro atoms. The number of hydrogen-bond acceptors (Lipinski definition) is 4. The fraction of sp³-hybridized carbons (Fsp3) is 0.429. The Morgan fingerprint density at radius 1 is 1.25 bits per heavy atom. The van der Waals surface area contributed by atoms with E-state index < -0.39 is 5.97 Å². The summed E-state index contributed by atoms with van der Waals surface area (Å²) in [6.45, 7) is 2.63. The molecule has 0 bridgehead atoms. The van der Waals surface area contributed by atoms with Crippen LogP contribution < -0.4 is 0 Å². The third kappa shape index (κ3) is 2.34. The van der Waals surface area contributed by atoms with Gasteiger partial charge in [-0.15, -0.1) is 0 Å². The Hall–Kier alpha value is -2.08. The quantitative estimate of drug-likeness (QED) is 0.891. The largest absolute Gasteiger partial charge is 0.506 e. The maximum Gasteiger partial charge on any atom is 0.356 e. The molecule has 0 aliphatic carbocycles. The van der Waals surface area contributed by atoms with Crippen molar-refractivity contribution in [2.75, 3.05) is 13.1 Å². The van der Waals surface area contributed by atoms with Crippen molar-refractivity contribution in [1.82, 2.24) is 14.3 Å². The van der Waals surface area contributed by atoms with Crippen molar-refractivity contribution < 1.29 is 15.0 Å². The smallest absolute Gasteiger partial charge is 0.356 e. The molecule has 2 N–H and O–H groups in total. The average Bonchev–Trinajstić information content (AvgIpc) is 2.78. The van der Waals surface area contributed by atoms with Crippen molar-refractivity contribution in [3.05, 3.63) is 29.8 Å². The number of nitrogens with zero attached hydrogens (tertiary/aromatic N) is 3. The Bertz CT molecular complexity index is 644. The molecule has 1 fully saturated rings. The third-order valence-corrected chi connectivity index (χ3v) is 3.71. The second-order valence-corrected chi connectivity index (χ2v) is 5.16. The average molecular weight is 275 g/mol. The van der Waals surface area contributed by atoms with Gasteiger partial charge in [-0.25, -0.2) is 9.78 Å². The number of likely N-dealkylation sites (tertiary alicyclic amines) is 1. The monoisotopic (exact) mass is 275 g/mol. The van der Waals surface area contributed by atoms with Gasteiger partial charge in [-0.3, -0.25) is 9.30 Å². The minimum absolute atomic E-state index is 0.0389. The minimum atomic E-state index is -1.04. The molecule has 106 valence electrons. The minimum Gasteiger partial charge on any atom is -0.506 e. The Morgan fingerprint density at radius 2 is 2.00 bits per heavy atom. The summed E-state index contributed by atoms with van der Waals surface area (Å²) in [4.78, 5) is 17.8. The van der Waals surface area contributed by atoms with E-state index in [0.29, 0.717) is 17.9 Å². The summed E-state index contributed by atoms with van der Waals surface area (Å²) in [5.41, 5.74) is 0.555. The molecule has 0 atom stereocenters. The molecule has 0 unspecified atom stereocenters. The van der Waals surface area contributed by atoms with E-state index in [1.165, 1.54) is 31.5 Å². The first-order chi connectivity index (χ1) is 9.65. The van der Waals surface area contributed by atoms with Crippen LogP contribution in [0.25, 0.3) is 5.52 Å². The van der Waals surface area contributed by atoms with E-state index in [0.717, 1.165) is 13.1 Å². The molecular formula is C14H17N3O3. The standard InChI is InChI=1S/C14H17N3O3/c18-10-4-5-11-13(14(19)20)15-12(17(11)8-10)9-16-6-2-1-3-7-16/h4-5,8,18H,1-3,6-7,9H2,(H,19,20). The van der Waals surface area contributed by atoms with E-state index >= 15 is 0 Å². The van der Waals surface area contributed by atoms with Crippen LogP contribution in [0, 0.1) is 0 Å². The number of carboxylic acid groups (broad SMARTS) is 1. The number of aromatic carboxylic acids is 1. The highest BCUT2D eigenvalue weighted by Gasteiger charge is 2.19. The van der Waals surface area contributed by atoms with Crippen molar-refractivity contribution in [2.45, 2.75) is 25.8 Å². The van der Waals surface area contributed by atoms with Gasteiger partial charge in [0.25, 0.3) is 0 Å². The molecule has 20 heavy (non-hydrogen) atoms. The van der Waals surface area contributed by atoms with Crippen LogP contribution in [0.1, 0.15) is 35.6 Å². The van der Waals surface area contributed by atoms with Crippen molar-refractivity contribution in [3.8, 4) is 5.75 Å². The topological polar surface area (TPSA) is 78.1 Å². The molecule has 1 saturated heterocycles. The van der Waals surface area contributed by atoms with E-state index in [1.54, 1.807) is 10.5 Å². The van der Waals surface area contributed by atoms with Crippen LogP contribution in [0.15, 0.2) is 18.3 Å². The summed E-state index contributed by atoms with van der Waals surface area (Å²) in [7, 11) is 0. The SMILES string of the molecule is O=C(O)c1nc(CN2CCCCC2)n2cc(O)ccc12. The first kappa shape index (κ1) is 12.9. The number of rotatable bonds is 3.